The quantitative estimate of drug-likeness (QED) is 0.454. The number of carbonyl (C=O) groups is 2. The lowest BCUT2D eigenvalue weighted by atomic mass is 9.93. The number of aliphatic hydroxyl groups is 1. The Morgan fingerprint density at radius 1 is 1.14 bits per heavy atom. The highest BCUT2D eigenvalue weighted by molar-refractivity contribution is 14.1. The summed E-state index contributed by atoms with van der Waals surface area (Å²) in [6.45, 7) is -0.701. The first-order valence-electron chi connectivity index (χ1n) is 8.28. The number of carboxylic acid groups (broad SMARTS) is 1. The van der Waals surface area contributed by atoms with Crippen molar-refractivity contribution in [2.75, 3.05) is 25.0 Å². The molecule has 0 spiro atoms. The molecule has 1 heterocycles. The topological polar surface area (TPSA) is 102 Å². The van der Waals surface area contributed by atoms with Crippen LogP contribution in [-0.2, 0) is 0 Å². The van der Waals surface area contributed by atoms with E-state index < -0.39 is 40.7 Å². The van der Waals surface area contributed by atoms with E-state index in [1.165, 1.54) is 12.1 Å². The third-order valence-corrected chi connectivity index (χ3v) is 5.01. The van der Waals surface area contributed by atoms with Crippen LogP contribution in [0.1, 0.15) is 10.4 Å². The SMILES string of the molecule is O=C(O)NCC1(O)CN(C(=O)c2ccc(F)c(F)c2Nc2ccc(I)cc2F)C1. The molecule has 2 aromatic rings. The number of rotatable bonds is 5. The summed E-state index contributed by atoms with van der Waals surface area (Å²) in [6.07, 6.45) is -1.32. The molecule has 154 valence electrons. The second kappa shape index (κ2) is 8.06. The zero-order chi connectivity index (χ0) is 21.3. The summed E-state index contributed by atoms with van der Waals surface area (Å²) in [5, 5.41) is 23.2. The minimum atomic E-state index is -1.46. The highest BCUT2D eigenvalue weighted by Crippen LogP contribution is 2.31. The lowest BCUT2D eigenvalue weighted by Crippen LogP contribution is -2.67. The fraction of sp³-hybridized carbons (Fsp3) is 0.222. The van der Waals surface area contributed by atoms with Gasteiger partial charge in [-0.05, 0) is 52.9 Å². The number of likely N-dealkylation sites (tertiary alicyclic amines) is 1. The Balaban J connectivity index is 1.84. The monoisotopic (exact) mass is 521 g/mol. The molecule has 0 bridgehead atoms. The van der Waals surface area contributed by atoms with Crippen LogP contribution in [0.3, 0.4) is 0 Å². The third kappa shape index (κ3) is 4.56. The van der Waals surface area contributed by atoms with Crippen molar-refractivity contribution in [2.24, 2.45) is 0 Å². The van der Waals surface area contributed by atoms with Crippen LogP contribution in [0.5, 0.6) is 0 Å². The highest BCUT2D eigenvalue weighted by atomic mass is 127. The summed E-state index contributed by atoms with van der Waals surface area (Å²) in [7, 11) is 0. The Kier molecular flexibility index (Phi) is 5.89. The highest BCUT2D eigenvalue weighted by Gasteiger charge is 2.44. The van der Waals surface area contributed by atoms with Gasteiger partial charge in [-0.15, -0.1) is 0 Å². The van der Waals surface area contributed by atoms with E-state index in [2.05, 4.69) is 5.32 Å². The summed E-state index contributed by atoms with van der Waals surface area (Å²) < 4.78 is 42.9. The number of β-amino-alcohol motifs (C(OH)–C–C–N with tert-alkyl or cyclic N) is 1. The molecule has 1 aliphatic heterocycles. The van der Waals surface area contributed by atoms with E-state index >= 15 is 0 Å². The Morgan fingerprint density at radius 3 is 2.45 bits per heavy atom. The van der Waals surface area contributed by atoms with Crippen molar-refractivity contribution in [2.45, 2.75) is 5.60 Å². The number of carbonyl (C=O) groups excluding carboxylic acids is 1. The van der Waals surface area contributed by atoms with Gasteiger partial charge >= 0.3 is 6.09 Å². The lowest BCUT2D eigenvalue weighted by Gasteiger charge is -2.46. The second-order valence-corrected chi connectivity index (χ2v) is 7.82. The van der Waals surface area contributed by atoms with E-state index in [1.54, 1.807) is 6.07 Å². The number of benzene rings is 2. The Bertz CT molecular complexity index is 983. The second-order valence-electron chi connectivity index (χ2n) is 6.58. The maximum absolute atomic E-state index is 14.4. The van der Waals surface area contributed by atoms with Gasteiger partial charge in [0.1, 0.15) is 11.4 Å². The first kappa shape index (κ1) is 21.2. The van der Waals surface area contributed by atoms with Crippen LogP contribution >= 0.6 is 22.6 Å². The number of nitrogens with zero attached hydrogens (tertiary/aromatic N) is 1. The normalized spacial score (nSPS) is 14.9. The maximum atomic E-state index is 14.4. The summed E-state index contributed by atoms with van der Waals surface area (Å²) in [5.74, 6) is -4.01. The van der Waals surface area contributed by atoms with Crippen molar-refractivity contribution in [1.29, 1.82) is 0 Å². The zero-order valence-electron chi connectivity index (χ0n) is 14.7. The molecule has 0 atom stereocenters. The number of nitrogens with one attached hydrogen (secondary N) is 2. The Morgan fingerprint density at radius 2 is 1.83 bits per heavy atom. The Labute approximate surface area is 176 Å². The molecule has 3 rings (SSSR count). The molecule has 11 heteroatoms. The van der Waals surface area contributed by atoms with Crippen molar-refractivity contribution in [1.82, 2.24) is 10.2 Å². The van der Waals surface area contributed by atoms with Gasteiger partial charge < -0.3 is 25.7 Å². The van der Waals surface area contributed by atoms with Gasteiger partial charge in [-0.25, -0.2) is 18.0 Å². The van der Waals surface area contributed by atoms with Crippen LogP contribution in [0.4, 0.5) is 29.3 Å². The van der Waals surface area contributed by atoms with Crippen LogP contribution in [-0.4, -0.2) is 52.3 Å². The molecule has 2 amide bonds. The van der Waals surface area contributed by atoms with Gasteiger partial charge in [0.15, 0.2) is 11.6 Å². The smallest absolute Gasteiger partial charge is 0.404 e. The Hall–Kier alpha value is -2.54. The summed E-state index contributed by atoms with van der Waals surface area (Å²) in [4.78, 5) is 24.4. The summed E-state index contributed by atoms with van der Waals surface area (Å²) in [6, 6.07) is 5.90. The number of hydrogen-bond donors (Lipinski definition) is 4. The lowest BCUT2D eigenvalue weighted by molar-refractivity contribution is -0.0774. The molecular weight excluding hydrogens is 506 g/mol. The first-order valence-corrected chi connectivity index (χ1v) is 9.36. The molecule has 4 N–H and O–H groups in total. The van der Waals surface area contributed by atoms with Crippen molar-refractivity contribution in [3.05, 3.63) is 56.9 Å². The van der Waals surface area contributed by atoms with Crippen LogP contribution in [0.15, 0.2) is 30.3 Å². The van der Waals surface area contributed by atoms with E-state index in [9.17, 15) is 27.9 Å². The van der Waals surface area contributed by atoms with E-state index in [1.807, 2.05) is 27.9 Å². The van der Waals surface area contributed by atoms with E-state index in [0.29, 0.717) is 3.57 Å². The van der Waals surface area contributed by atoms with Gasteiger partial charge in [-0.3, -0.25) is 4.79 Å². The molecule has 29 heavy (non-hydrogen) atoms. The number of anilines is 2. The molecule has 0 aromatic heterocycles. The van der Waals surface area contributed by atoms with Crippen molar-refractivity contribution in [3.8, 4) is 0 Å². The minimum absolute atomic E-state index is 0.144. The molecule has 1 saturated heterocycles. The zero-order valence-corrected chi connectivity index (χ0v) is 16.8. The molecule has 1 aliphatic rings. The van der Waals surface area contributed by atoms with E-state index in [-0.39, 0.29) is 30.9 Å². The van der Waals surface area contributed by atoms with Crippen molar-refractivity contribution >= 4 is 46.0 Å². The molecule has 0 radical (unpaired) electrons. The fourth-order valence-corrected chi connectivity index (χ4v) is 3.36. The number of hydrogen-bond acceptors (Lipinski definition) is 4. The molecule has 2 aromatic carbocycles. The first-order chi connectivity index (χ1) is 13.6. The standard InChI is InChI=1S/C18H15F3IN3O4/c19-11-3-2-10(16(26)25-7-18(29,8-25)6-23-17(27)28)15(14(11)21)24-13-4-1-9(22)5-12(13)20/h1-5,23-24,29H,6-8H2,(H,27,28). The van der Waals surface area contributed by atoms with Gasteiger partial charge in [-0.2, -0.15) is 0 Å². The summed E-state index contributed by atoms with van der Waals surface area (Å²) >= 11 is 1.89. The third-order valence-electron chi connectivity index (χ3n) is 4.34. The van der Waals surface area contributed by atoms with Gasteiger partial charge in [0.25, 0.3) is 5.91 Å². The molecular formula is C18H15F3IN3O4. The minimum Gasteiger partial charge on any atom is -0.465 e. The average Bonchev–Trinajstić information content (AvgIpc) is 2.63. The number of halogens is 4. The summed E-state index contributed by atoms with van der Waals surface area (Å²) in [5.41, 5.74) is -2.39. The van der Waals surface area contributed by atoms with Crippen LogP contribution in [0.25, 0.3) is 0 Å². The van der Waals surface area contributed by atoms with Crippen molar-refractivity contribution < 1.29 is 33.0 Å². The molecule has 1 fully saturated rings. The van der Waals surface area contributed by atoms with Gasteiger partial charge in [0.2, 0.25) is 0 Å². The van der Waals surface area contributed by atoms with Crippen molar-refractivity contribution in [3.63, 3.8) is 0 Å². The van der Waals surface area contributed by atoms with Crippen LogP contribution in [0, 0.1) is 21.0 Å². The van der Waals surface area contributed by atoms with Crippen LogP contribution in [0.2, 0.25) is 0 Å². The predicted molar refractivity (Wildman–Crippen MR) is 106 cm³/mol. The largest absolute Gasteiger partial charge is 0.465 e. The fourth-order valence-electron chi connectivity index (χ4n) is 2.91. The number of amides is 2. The van der Waals surface area contributed by atoms with E-state index in [4.69, 9.17) is 5.11 Å². The molecule has 0 unspecified atom stereocenters. The molecule has 0 saturated carbocycles. The van der Waals surface area contributed by atoms with Gasteiger partial charge in [-0.1, -0.05) is 0 Å². The van der Waals surface area contributed by atoms with Gasteiger partial charge in [0.05, 0.1) is 36.6 Å². The molecule has 7 nitrogen and oxygen atoms in total. The maximum Gasteiger partial charge on any atom is 0.404 e. The predicted octanol–water partition coefficient (Wildman–Crippen LogP) is 2.91. The van der Waals surface area contributed by atoms with Gasteiger partial charge in [0, 0.05) is 3.57 Å². The van der Waals surface area contributed by atoms with E-state index in [0.717, 1.165) is 17.0 Å². The molecule has 0 aliphatic carbocycles. The average molecular weight is 521 g/mol. The van der Waals surface area contributed by atoms with Crippen LogP contribution < -0.4 is 10.6 Å².